The van der Waals surface area contributed by atoms with Crippen molar-refractivity contribution >= 4 is 45.7 Å². The summed E-state index contributed by atoms with van der Waals surface area (Å²) in [4.78, 5) is 16.8. The number of nitrogens with zero attached hydrogens (tertiary/aromatic N) is 1. The fourth-order valence-electron chi connectivity index (χ4n) is 3.04. The molecule has 4 rings (SSSR count). The molecular weight excluding hydrogens is 320 g/mol. The molecule has 0 fully saturated rings. The molecule has 1 N–H and O–H groups in total. The first-order valence-electron chi connectivity index (χ1n) is 7.82. The summed E-state index contributed by atoms with van der Waals surface area (Å²) in [5.41, 5.74) is 5.50. The van der Waals surface area contributed by atoms with E-state index >= 15 is 0 Å². The summed E-state index contributed by atoms with van der Waals surface area (Å²) in [5, 5.41) is 3.96. The van der Waals surface area contributed by atoms with Gasteiger partial charge in [-0.1, -0.05) is 24.3 Å². The summed E-state index contributed by atoms with van der Waals surface area (Å²) in [7, 11) is 0. The zero-order valence-corrected chi connectivity index (χ0v) is 13.7. The molecule has 0 saturated carbocycles. The Morgan fingerprint density at radius 1 is 1.12 bits per heavy atom. The Morgan fingerprint density at radius 3 is 2.88 bits per heavy atom. The summed E-state index contributed by atoms with van der Waals surface area (Å²) >= 11 is 5.84. The molecular formula is C20H15ClN2O. The number of rotatable bonds is 3. The number of amides is 1. The highest BCUT2D eigenvalue weighted by Crippen LogP contribution is 2.34. The number of carbonyl (C=O) groups is 1. The van der Waals surface area contributed by atoms with Crippen molar-refractivity contribution in [1.82, 2.24) is 4.98 Å². The highest BCUT2D eigenvalue weighted by atomic mass is 35.5. The van der Waals surface area contributed by atoms with E-state index in [1.807, 2.05) is 54.6 Å². The van der Waals surface area contributed by atoms with Gasteiger partial charge in [-0.25, -0.2) is 0 Å². The van der Waals surface area contributed by atoms with Crippen molar-refractivity contribution in [3.8, 4) is 0 Å². The number of anilines is 1. The minimum atomic E-state index is -0.0751. The predicted molar refractivity (Wildman–Crippen MR) is 99.1 cm³/mol. The van der Waals surface area contributed by atoms with Gasteiger partial charge in [-0.2, -0.15) is 0 Å². The van der Waals surface area contributed by atoms with Gasteiger partial charge in [0.1, 0.15) is 0 Å². The molecule has 0 bridgehead atoms. The molecule has 1 aliphatic heterocycles. The Hall–Kier alpha value is -2.65. The van der Waals surface area contributed by atoms with Gasteiger partial charge in [0.05, 0.1) is 5.52 Å². The highest BCUT2D eigenvalue weighted by molar-refractivity contribution is 6.35. The largest absolute Gasteiger partial charge is 0.321 e. The minimum Gasteiger partial charge on any atom is -0.321 e. The third kappa shape index (κ3) is 2.57. The van der Waals surface area contributed by atoms with Gasteiger partial charge in [-0.3, -0.25) is 9.78 Å². The molecule has 0 unspecified atom stereocenters. The van der Waals surface area contributed by atoms with E-state index in [0.717, 1.165) is 39.7 Å². The summed E-state index contributed by atoms with van der Waals surface area (Å²) in [6.45, 7) is 0. The summed E-state index contributed by atoms with van der Waals surface area (Å²) < 4.78 is 0. The summed E-state index contributed by atoms with van der Waals surface area (Å²) in [5.74, 6) is 0.489. The number of hydrogen-bond acceptors (Lipinski definition) is 2. The van der Waals surface area contributed by atoms with Gasteiger partial charge in [0.2, 0.25) is 0 Å². The Labute approximate surface area is 145 Å². The predicted octanol–water partition coefficient (Wildman–Crippen LogP) is 4.51. The first-order valence-corrected chi connectivity index (χ1v) is 8.36. The van der Waals surface area contributed by atoms with Gasteiger partial charge in [-0.15, -0.1) is 11.6 Å². The third-order valence-corrected chi connectivity index (χ3v) is 4.42. The van der Waals surface area contributed by atoms with Crippen LogP contribution in [0.2, 0.25) is 0 Å². The van der Waals surface area contributed by atoms with Crippen molar-refractivity contribution in [3.63, 3.8) is 0 Å². The minimum absolute atomic E-state index is 0.0751. The fraction of sp³-hybridized carbons (Fsp3) is 0.100. The lowest BCUT2D eigenvalue weighted by Gasteiger charge is -2.04. The van der Waals surface area contributed by atoms with Crippen LogP contribution in [-0.2, 0) is 11.2 Å². The zero-order valence-electron chi connectivity index (χ0n) is 12.9. The monoisotopic (exact) mass is 334 g/mol. The lowest BCUT2D eigenvalue weighted by atomic mass is 9.99. The smallest absolute Gasteiger partial charge is 0.256 e. The molecule has 0 saturated heterocycles. The second-order valence-corrected chi connectivity index (χ2v) is 6.13. The molecule has 0 radical (unpaired) electrons. The Balaban J connectivity index is 1.86. The van der Waals surface area contributed by atoms with Gasteiger partial charge in [0.25, 0.3) is 5.91 Å². The second-order valence-electron chi connectivity index (χ2n) is 5.75. The van der Waals surface area contributed by atoms with Crippen LogP contribution in [0.5, 0.6) is 0 Å². The van der Waals surface area contributed by atoms with E-state index in [-0.39, 0.29) is 5.91 Å². The Bertz CT molecular complexity index is 973. The van der Waals surface area contributed by atoms with Crippen LogP contribution in [0.15, 0.2) is 54.7 Å². The summed E-state index contributed by atoms with van der Waals surface area (Å²) in [6, 6.07) is 15.9. The van der Waals surface area contributed by atoms with E-state index in [4.69, 9.17) is 11.6 Å². The van der Waals surface area contributed by atoms with Gasteiger partial charge in [0, 0.05) is 34.3 Å². The molecule has 118 valence electrons. The molecule has 3 aromatic rings. The maximum Gasteiger partial charge on any atom is 0.256 e. The van der Waals surface area contributed by atoms with Crippen LogP contribution in [-0.4, -0.2) is 16.8 Å². The van der Waals surface area contributed by atoms with E-state index < -0.39 is 0 Å². The molecule has 0 spiro atoms. The van der Waals surface area contributed by atoms with Crippen molar-refractivity contribution < 1.29 is 4.79 Å². The average molecular weight is 335 g/mol. The van der Waals surface area contributed by atoms with Crippen LogP contribution in [0.3, 0.4) is 0 Å². The number of alkyl halides is 1. The molecule has 0 atom stereocenters. The van der Waals surface area contributed by atoms with Crippen LogP contribution in [0, 0.1) is 0 Å². The molecule has 1 amide bonds. The molecule has 24 heavy (non-hydrogen) atoms. The normalized spacial score (nSPS) is 14.9. The molecule has 2 heterocycles. The first-order chi connectivity index (χ1) is 11.8. The van der Waals surface area contributed by atoms with E-state index in [9.17, 15) is 4.79 Å². The quantitative estimate of drug-likeness (QED) is 0.565. The fourth-order valence-corrected chi connectivity index (χ4v) is 3.26. The number of carbonyl (C=O) groups excluding carboxylic acids is 1. The lowest BCUT2D eigenvalue weighted by molar-refractivity contribution is -0.110. The number of pyridine rings is 1. The van der Waals surface area contributed by atoms with E-state index in [0.29, 0.717) is 11.5 Å². The topological polar surface area (TPSA) is 42.0 Å². The zero-order chi connectivity index (χ0) is 16.5. The second kappa shape index (κ2) is 6.10. The Kier molecular flexibility index (Phi) is 3.79. The number of aryl methyl sites for hydroxylation is 1. The van der Waals surface area contributed by atoms with Crippen LogP contribution >= 0.6 is 11.6 Å². The number of para-hydroxylation sites is 1. The molecule has 4 heteroatoms. The van der Waals surface area contributed by atoms with Crippen LogP contribution in [0.1, 0.15) is 16.7 Å². The number of halogens is 1. The van der Waals surface area contributed by atoms with Crippen LogP contribution in [0.4, 0.5) is 5.69 Å². The maximum atomic E-state index is 12.4. The van der Waals surface area contributed by atoms with Gasteiger partial charge in [0.15, 0.2) is 0 Å². The van der Waals surface area contributed by atoms with E-state index in [2.05, 4.69) is 10.3 Å². The number of aromatic nitrogens is 1. The van der Waals surface area contributed by atoms with E-state index in [1.54, 1.807) is 6.20 Å². The molecule has 1 aromatic heterocycles. The van der Waals surface area contributed by atoms with Crippen LogP contribution in [0.25, 0.3) is 22.6 Å². The Morgan fingerprint density at radius 2 is 2.00 bits per heavy atom. The number of nitrogens with one attached hydrogen (secondary N) is 1. The van der Waals surface area contributed by atoms with Crippen molar-refractivity contribution in [2.75, 3.05) is 11.2 Å². The molecule has 2 aromatic carbocycles. The van der Waals surface area contributed by atoms with Gasteiger partial charge < -0.3 is 5.32 Å². The van der Waals surface area contributed by atoms with E-state index in [1.165, 1.54) is 0 Å². The number of fused-ring (bicyclic) bond motifs is 2. The third-order valence-electron chi connectivity index (χ3n) is 4.23. The first kappa shape index (κ1) is 14.9. The molecule has 0 aliphatic carbocycles. The van der Waals surface area contributed by atoms with Crippen molar-refractivity contribution in [3.05, 3.63) is 71.4 Å². The standard InChI is InChI=1S/C20H15ClN2O/c21-9-7-13-5-6-19-16(11-13)17(20(24)23-19)12-14-8-10-22-18-4-2-1-3-15(14)18/h1-6,8,10-12H,7,9H2,(H,23,24). The average Bonchev–Trinajstić information content (AvgIpc) is 2.91. The van der Waals surface area contributed by atoms with Crippen molar-refractivity contribution in [1.29, 1.82) is 0 Å². The maximum absolute atomic E-state index is 12.4. The SMILES string of the molecule is O=C1Nc2ccc(CCCl)cc2C1=Cc1ccnc2ccccc12. The molecule has 1 aliphatic rings. The number of hydrogen-bond donors (Lipinski definition) is 1. The summed E-state index contributed by atoms with van der Waals surface area (Å²) in [6.07, 6.45) is 4.50. The molecule has 3 nitrogen and oxygen atoms in total. The van der Waals surface area contributed by atoms with Crippen molar-refractivity contribution in [2.45, 2.75) is 6.42 Å². The lowest BCUT2D eigenvalue weighted by Crippen LogP contribution is -2.03. The van der Waals surface area contributed by atoms with Crippen molar-refractivity contribution in [2.24, 2.45) is 0 Å². The van der Waals surface area contributed by atoms with Crippen LogP contribution < -0.4 is 5.32 Å². The number of benzene rings is 2. The van der Waals surface area contributed by atoms with Gasteiger partial charge >= 0.3 is 0 Å². The van der Waals surface area contributed by atoms with Gasteiger partial charge in [-0.05, 0) is 47.9 Å². The highest BCUT2D eigenvalue weighted by Gasteiger charge is 2.24.